The Morgan fingerprint density at radius 3 is 2.24 bits per heavy atom. The molecule has 0 aliphatic heterocycles. The molecule has 0 aromatic carbocycles. The van der Waals surface area contributed by atoms with Gasteiger partial charge in [0.05, 0.1) is 0 Å². The molecule has 0 spiro atoms. The number of rotatable bonds is 3. The van der Waals surface area contributed by atoms with Gasteiger partial charge in [-0.05, 0) is 0 Å². The van der Waals surface area contributed by atoms with Crippen LogP contribution >= 0.6 is 0 Å². The van der Waals surface area contributed by atoms with Gasteiger partial charge in [-0.15, -0.1) is 0 Å². The number of aliphatic carboxylic acids is 2. The molecule has 10 heteroatoms. The number of nitrogens with zero attached hydrogens (tertiary/aromatic N) is 3. The molecule has 0 unspecified atom stereocenters. The number of H-pyrrole nitrogens is 1. The van der Waals surface area contributed by atoms with Crippen molar-refractivity contribution in [3.05, 3.63) is 32.2 Å². The SMILES string of the molecule is Cn1c(=O)c2[nH]c(C=C(C(=O)O)C(=O)O)nc2n(C)c1=O. The van der Waals surface area contributed by atoms with Gasteiger partial charge < -0.3 is 15.2 Å². The second-order valence-corrected chi connectivity index (χ2v) is 4.19. The van der Waals surface area contributed by atoms with Crippen LogP contribution in [0.25, 0.3) is 17.2 Å². The summed E-state index contributed by atoms with van der Waals surface area (Å²) < 4.78 is 1.94. The molecule has 3 N–H and O–H groups in total. The van der Waals surface area contributed by atoms with Crippen LogP contribution < -0.4 is 11.2 Å². The molecule has 110 valence electrons. The van der Waals surface area contributed by atoms with Gasteiger partial charge in [0.25, 0.3) is 5.56 Å². The first-order valence-electron chi connectivity index (χ1n) is 5.58. The van der Waals surface area contributed by atoms with Gasteiger partial charge in [-0.25, -0.2) is 19.4 Å². The molecule has 0 saturated carbocycles. The molecule has 2 aromatic rings. The lowest BCUT2D eigenvalue weighted by Crippen LogP contribution is -2.36. The van der Waals surface area contributed by atoms with Crippen LogP contribution in [0.3, 0.4) is 0 Å². The number of imidazole rings is 1. The summed E-state index contributed by atoms with van der Waals surface area (Å²) in [5, 5.41) is 17.5. The normalized spacial score (nSPS) is 10.6. The van der Waals surface area contributed by atoms with Crippen LogP contribution in [-0.4, -0.2) is 41.3 Å². The van der Waals surface area contributed by atoms with Gasteiger partial charge in [-0.1, -0.05) is 0 Å². The highest BCUT2D eigenvalue weighted by atomic mass is 16.4. The van der Waals surface area contributed by atoms with E-state index in [2.05, 4.69) is 9.97 Å². The summed E-state index contributed by atoms with van der Waals surface area (Å²) in [5.74, 6) is -3.45. The number of fused-ring (bicyclic) bond motifs is 1. The summed E-state index contributed by atoms with van der Waals surface area (Å²) in [7, 11) is 2.66. The molecule has 0 amide bonds. The third-order valence-corrected chi connectivity index (χ3v) is 2.85. The lowest BCUT2D eigenvalue weighted by molar-refractivity contribution is -0.140. The Morgan fingerprint density at radius 2 is 1.71 bits per heavy atom. The first-order valence-corrected chi connectivity index (χ1v) is 5.58. The molecule has 0 bridgehead atoms. The van der Waals surface area contributed by atoms with Crippen molar-refractivity contribution in [2.75, 3.05) is 0 Å². The van der Waals surface area contributed by atoms with E-state index in [1.54, 1.807) is 0 Å². The zero-order chi connectivity index (χ0) is 15.9. The minimum Gasteiger partial charge on any atom is -0.477 e. The molecule has 2 rings (SSSR count). The summed E-state index contributed by atoms with van der Waals surface area (Å²) in [6, 6.07) is 0. The summed E-state index contributed by atoms with van der Waals surface area (Å²) in [6.07, 6.45) is 0.772. The zero-order valence-corrected chi connectivity index (χ0v) is 10.9. The molecule has 0 atom stereocenters. The molecule has 0 fully saturated rings. The smallest absolute Gasteiger partial charge is 0.343 e. The molecular formula is C11H10N4O6. The van der Waals surface area contributed by atoms with Crippen LogP contribution in [0, 0.1) is 0 Å². The fraction of sp³-hybridized carbons (Fsp3) is 0.182. The average Bonchev–Trinajstić information content (AvgIpc) is 2.83. The number of carboxylic acid groups (broad SMARTS) is 2. The Balaban J connectivity index is 2.78. The van der Waals surface area contributed by atoms with Gasteiger partial charge in [0, 0.05) is 20.2 Å². The van der Waals surface area contributed by atoms with Crippen LogP contribution in [0.2, 0.25) is 0 Å². The molecule has 0 radical (unpaired) electrons. The Hall–Kier alpha value is -3.17. The van der Waals surface area contributed by atoms with Crippen molar-refractivity contribution in [2.24, 2.45) is 14.1 Å². The summed E-state index contributed by atoms with van der Waals surface area (Å²) in [4.78, 5) is 51.6. The van der Waals surface area contributed by atoms with E-state index in [0.717, 1.165) is 15.2 Å². The number of hydrogen-bond donors (Lipinski definition) is 3. The van der Waals surface area contributed by atoms with Gasteiger partial charge in [-0.2, -0.15) is 0 Å². The predicted octanol–water partition coefficient (Wildman–Crippen LogP) is -1.49. The molecule has 0 aliphatic rings. The van der Waals surface area contributed by atoms with Crippen molar-refractivity contribution < 1.29 is 19.8 Å². The van der Waals surface area contributed by atoms with Gasteiger partial charge in [0.1, 0.15) is 16.9 Å². The van der Waals surface area contributed by atoms with E-state index < -0.39 is 28.8 Å². The first-order chi connectivity index (χ1) is 9.73. The van der Waals surface area contributed by atoms with Crippen molar-refractivity contribution in [1.29, 1.82) is 0 Å². The highest BCUT2D eigenvalue weighted by Crippen LogP contribution is 2.08. The van der Waals surface area contributed by atoms with E-state index in [4.69, 9.17) is 10.2 Å². The summed E-state index contributed by atoms with van der Waals surface area (Å²) in [5.41, 5.74) is -2.19. The maximum absolute atomic E-state index is 11.9. The van der Waals surface area contributed by atoms with Crippen LogP contribution in [0.5, 0.6) is 0 Å². The average molecular weight is 294 g/mol. The number of nitrogens with one attached hydrogen (secondary N) is 1. The minimum atomic E-state index is -1.65. The quantitative estimate of drug-likeness (QED) is 0.355. The number of carbonyl (C=O) groups is 2. The van der Waals surface area contributed by atoms with Crippen LogP contribution in [0.1, 0.15) is 5.82 Å². The number of carboxylic acids is 2. The van der Waals surface area contributed by atoms with Crippen LogP contribution in [-0.2, 0) is 23.7 Å². The maximum Gasteiger partial charge on any atom is 0.343 e. The lowest BCUT2D eigenvalue weighted by atomic mass is 10.2. The highest BCUT2D eigenvalue weighted by Gasteiger charge is 2.18. The fourth-order valence-corrected chi connectivity index (χ4v) is 1.76. The number of aromatic amines is 1. The van der Waals surface area contributed by atoms with E-state index in [-0.39, 0.29) is 17.0 Å². The Morgan fingerprint density at radius 1 is 1.14 bits per heavy atom. The molecular weight excluding hydrogens is 284 g/mol. The van der Waals surface area contributed by atoms with E-state index in [1.165, 1.54) is 14.1 Å². The maximum atomic E-state index is 11.9. The molecule has 2 aromatic heterocycles. The molecule has 10 nitrogen and oxygen atoms in total. The van der Waals surface area contributed by atoms with Gasteiger partial charge >= 0.3 is 17.6 Å². The van der Waals surface area contributed by atoms with Gasteiger partial charge in [0.15, 0.2) is 5.65 Å². The largest absolute Gasteiger partial charge is 0.477 e. The molecule has 2 heterocycles. The van der Waals surface area contributed by atoms with E-state index >= 15 is 0 Å². The van der Waals surface area contributed by atoms with Crippen molar-refractivity contribution >= 4 is 29.2 Å². The van der Waals surface area contributed by atoms with Crippen LogP contribution in [0.4, 0.5) is 0 Å². The predicted molar refractivity (Wildman–Crippen MR) is 69.8 cm³/mol. The van der Waals surface area contributed by atoms with E-state index in [0.29, 0.717) is 0 Å². The van der Waals surface area contributed by atoms with Crippen molar-refractivity contribution in [3.63, 3.8) is 0 Å². The third-order valence-electron chi connectivity index (χ3n) is 2.85. The first kappa shape index (κ1) is 14.2. The van der Waals surface area contributed by atoms with E-state index in [1.807, 2.05) is 0 Å². The number of aryl methyl sites for hydroxylation is 1. The molecule has 0 saturated heterocycles. The second kappa shape index (κ2) is 4.74. The summed E-state index contributed by atoms with van der Waals surface area (Å²) in [6.45, 7) is 0. The van der Waals surface area contributed by atoms with Crippen molar-refractivity contribution in [3.8, 4) is 0 Å². The van der Waals surface area contributed by atoms with Gasteiger partial charge in [-0.3, -0.25) is 13.9 Å². The molecule has 0 aliphatic carbocycles. The van der Waals surface area contributed by atoms with Crippen LogP contribution in [0.15, 0.2) is 15.2 Å². The van der Waals surface area contributed by atoms with Crippen molar-refractivity contribution in [1.82, 2.24) is 19.1 Å². The standard InChI is InChI=1S/C11H10N4O6/c1-14-7-6(8(16)15(2)11(14)21)12-5(13-7)3-4(9(17)18)10(19)20/h3H,1-2H3,(H,12,13)(H,17,18)(H,19,20). The molecule has 21 heavy (non-hydrogen) atoms. The second-order valence-electron chi connectivity index (χ2n) is 4.19. The van der Waals surface area contributed by atoms with E-state index in [9.17, 15) is 19.2 Å². The van der Waals surface area contributed by atoms with Gasteiger partial charge in [0.2, 0.25) is 0 Å². The minimum absolute atomic E-state index is 0.00415. The highest BCUT2D eigenvalue weighted by molar-refractivity contribution is 6.16. The zero-order valence-electron chi connectivity index (χ0n) is 10.9. The Bertz CT molecular complexity index is 897. The Labute approximate surface area is 115 Å². The number of aromatic nitrogens is 4. The fourth-order valence-electron chi connectivity index (χ4n) is 1.76. The third kappa shape index (κ3) is 2.22. The summed E-state index contributed by atoms with van der Waals surface area (Å²) >= 11 is 0. The topological polar surface area (TPSA) is 147 Å². The monoisotopic (exact) mass is 294 g/mol. The number of hydrogen-bond acceptors (Lipinski definition) is 5. The van der Waals surface area contributed by atoms with Crippen molar-refractivity contribution in [2.45, 2.75) is 0 Å². The Kier molecular flexibility index (Phi) is 3.21. The lowest BCUT2D eigenvalue weighted by Gasteiger charge is -2.00.